The highest BCUT2D eigenvalue weighted by Crippen LogP contribution is 2.25. The summed E-state index contributed by atoms with van der Waals surface area (Å²) < 4.78 is 6.50. The lowest BCUT2D eigenvalue weighted by Gasteiger charge is -2.31. The van der Waals surface area contributed by atoms with E-state index in [2.05, 4.69) is 47.3 Å². The van der Waals surface area contributed by atoms with E-state index in [4.69, 9.17) is 9.73 Å². The van der Waals surface area contributed by atoms with Crippen LogP contribution in [-0.2, 0) is 22.5 Å². The highest BCUT2D eigenvalue weighted by molar-refractivity contribution is 5.87. The zero-order valence-electron chi connectivity index (χ0n) is 20.8. The van der Waals surface area contributed by atoms with Gasteiger partial charge < -0.3 is 19.3 Å². The third-order valence-electron chi connectivity index (χ3n) is 6.21. The molecule has 2 aliphatic rings. The number of nitrogens with zero attached hydrogens (tertiary/aromatic N) is 4. The number of hydrogen-bond acceptors (Lipinski definition) is 6. The first-order valence-corrected chi connectivity index (χ1v) is 12.4. The molecule has 35 heavy (non-hydrogen) atoms. The Kier molecular flexibility index (Phi) is 10.3. The molecule has 2 atom stereocenters. The van der Waals surface area contributed by atoms with E-state index in [1.165, 1.54) is 55.7 Å². The van der Waals surface area contributed by atoms with E-state index in [1.807, 2.05) is 6.08 Å². The van der Waals surface area contributed by atoms with Crippen molar-refractivity contribution in [2.45, 2.75) is 51.7 Å². The van der Waals surface area contributed by atoms with Crippen LogP contribution in [0.1, 0.15) is 43.7 Å². The number of esters is 1. The summed E-state index contributed by atoms with van der Waals surface area (Å²) in [7, 11) is 0. The van der Waals surface area contributed by atoms with Gasteiger partial charge in [-0.05, 0) is 43.7 Å². The Labute approximate surface area is 208 Å². The van der Waals surface area contributed by atoms with Gasteiger partial charge in [0.1, 0.15) is 18.5 Å². The fourth-order valence-corrected chi connectivity index (χ4v) is 4.36. The molecule has 1 aromatic heterocycles. The number of carbonyl (C=O) groups excluding carboxylic acids is 1. The first-order valence-electron chi connectivity index (χ1n) is 12.4. The quantitative estimate of drug-likeness (QED) is 0.456. The number of aromatic nitrogens is 2. The molecule has 1 N–H and O–H groups in total. The summed E-state index contributed by atoms with van der Waals surface area (Å²) in [5, 5.41) is 9.50. The van der Waals surface area contributed by atoms with Crippen LogP contribution in [0.3, 0.4) is 0 Å². The van der Waals surface area contributed by atoms with Crippen molar-refractivity contribution in [1.29, 1.82) is 0 Å². The molecule has 4 rings (SSSR count). The summed E-state index contributed by atoms with van der Waals surface area (Å²) in [6, 6.07) is 8.82. The van der Waals surface area contributed by atoms with E-state index in [0.717, 1.165) is 13.0 Å². The second-order valence-corrected chi connectivity index (χ2v) is 9.22. The maximum atomic E-state index is 11.0. The van der Waals surface area contributed by atoms with Gasteiger partial charge in [-0.25, -0.2) is 9.78 Å². The Bertz CT molecular complexity index is 982. The summed E-state index contributed by atoms with van der Waals surface area (Å²) in [5.74, 6) is 1.52. The van der Waals surface area contributed by atoms with Crippen LogP contribution in [0, 0.1) is 5.92 Å². The SMILES string of the molecule is C=C(C)C(=O)OCC(O)Cn1ccnc1.C=Cc1ccc(CC2CCCCN3CCCN=C23)cc1. The fraction of sp³-hybridized carbons (Fsp3) is 0.464. The number of amidine groups is 1. The van der Waals surface area contributed by atoms with Crippen molar-refractivity contribution in [2.24, 2.45) is 10.9 Å². The maximum Gasteiger partial charge on any atom is 0.333 e. The zero-order chi connectivity index (χ0) is 25.0. The van der Waals surface area contributed by atoms with Gasteiger partial charge >= 0.3 is 5.97 Å². The molecular weight excluding hydrogens is 440 g/mol. The second-order valence-electron chi connectivity index (χ2n) is 9.22. The number of ether oxygens (including phenoxy) is 1. The molecule has 0 amide bonds. The number of hydrogen-bond donors (Lipinski definition) is 1. The molecule has 188 valence electrons. The highest BCUT2D eigenvalue weighted by atomic mass is 16.5. The molecule has 7 nitrogen and oxygen atoms in total. The first-order chi connectivity index (χ1) is 17.0. The molecule has 0 spiro atoms. The number of aliphatic hydroxyl groups is 1. The van der Waals surface area contributed by atoms with E-state index in [9.17, 15) is 9.90 Å². The van der Waals surface area contributed by atoms with Crippen LogP contribution >= 0.6 is 0 Å². The largest absolute Gasteiger partial charge is 0.460 e. The van der Waals surface area contributed by atoms with Crippen LogP contribution in [0.4, 0.5) is 0 Å². The normalized spacial score (nSPS) is 18.2. The number of aliphatic hydroxyl groups excluding tert-OH is 1. The van der Waals surface area contributed by atoms with Crippen molar-refractivity contribution in [2.75, 3.05) is 26.2 Å². The van der Waals surface area contributed by atoms with Crippen LogP contribution in [0.2, 0.25) is 0 Å². The van der Waals surface area contributed by atoms with E-state index in [-0.39, 0.29) is 6.61 Å². The average Bonchev–Trinajstić information content (AvgIpc) is 3.30. The molecule has 7 heteroatoms. The van der Waals surface area contributed by atoms with E-state index in [1.54, 1.807) is 30.2 Å². The second kappa shape index (κ2) is 13.6. The van der Waals surface area contributed by atoms with Crippen molar-refractivity contribution >= 4 is 17.9 Å². The summed E-state index contributed by atoms with van der Waals surface area (Å²) in [6.45, 7) is 12.6. The van der Waals surface area contributed by atoms with Crippen molar-refractivity contribution in [3.05, 3.63) is 72.8 Å². The van der Waals surface area contributed by atoms with Crippen molar-refractivity contribution in [3.8, 4) is 0 Å². The molecule has 3 heterocycles. The summed E-state index contributed by atoms with van der Waals surface area (Å²) in [6.07, 6.45) is 12.4. The minimum absolute atomic E-state index is 0.0378. The van der Waals surface area contributed by atoms with Crippen LogP contribution < -0.4 is 0 Å². The number of rotatable bonds is 8. The van der Waals surface area contributed by atoms with Gasteiger partial charge in [0.25, 0.3) is 0 Å². The number of fused-ring (bicyclic) bond motifs is 1. The number of imidazole rings is 1. The lowest BCUT2D eigenvalue weighted by molar-refractivity contribution is -0.142. The Morgan fingerprint density at radius 3 is 2.71 bits per heavy atom. The lowest BCUT2D eigenvalue weighted by atomic mass is 9.92. The molecule has 2 unspecified atom stereocenters. The number of benzene rings is 1. The first kappa shape index (κ1) is 26.4. The predicted molar refractivity (Wildman–Crippen MR) is 140 cm³/mol. The van der Waals surface area contributed by atoms with Gasteiger partial charge in [-0.1, -0.05) is 49.9 Å². The van der Waals surface area contributed by atoms with Crippen LogP contribution in [0.25, 0.3) is 6.08 Å². The van der Waals surface area contributed by atoms with E-state index in [0.29, 0.717) is 18.0 Å². The van der Waals surface area contributed by atoms with Gasteiger partial charge in [-0.3, -0.25) is 4.99 Å². The Morgan fingerprint density at radius 2 is 2.03 bits per heavy atom. The van der Waals surface area contributed by atoms with Gasteiger partial charge in [0, 0.05) is 43.5 Å². The molecule has 1 fully saturated rings. The molecule has 0 bridgehead atoms. The standard InChI is InChI=1S/C18H24N2.C10H14N2O3/c1-2-15-7-9-16(10-8-15)14-17-6-3-4-12-20-13-5-11-19-18(17)20;1-8(2)10(14)15-6-9(13)5-12-4-3-11-7-12/h2,7-10,17H,1,3-6,11-14H2;3-4,7,9,13H,1,5-6H2,2H3. The topological polar surface area (TPSA) is 79.9 Å². The Hall–Kier alpha value is -3.19. The van der Waals surface area contributed by atoms with Gasteiger partial charge in [0.2, 0.25) is 0 Å². The Balaban J connectivity index is 0.000000205. The third kappa shape index (κ3) is 8.51. The maximum absolute atomic E-state index is 11.0. The highest BCUT2D eigenvalue weighted by Gasteiger charge is 2.26. The summed E-state index contributed by atoms with van der Waals surface area (Å²) in [5.41, 5.74) is 2.95. The molecule has 1 saturated heterocycles. The molecular formula is C28H38N4O3. The molecule has 0 radical (unpaired) electrons. The minimum Gasteiger partial charge on any atom is -0.460 e. The van der Waals surface area contributed by atoms with Crippen LogP contribution in [0.5, 0.6) is 0 Å². The van der Waals surface area contributed by atoms with E-state index < -0.39 is 12.1 Å². The molecule has 0 saturated carbocycles. The van der Waals surface area contributed by atoms with Crippen LogP contribution in [-0.4, -0.2) is 63.7 Å². The third-order valence-corrected chi connectivity index (χ3v) is 6.21. The van der Waals surface area contributed by atoms with Crippen LogP contribution in [0.15, 0.2) is 66.7 Å². The van der Waals surface area contributed by atoms with Gasteiger partial charge in [0.15, 0.2) is 0 Å². The summed E-state index contributed by atoms with van der Waals surface area (Å²) >= 11 is 0. The van der Waals surface area contributed by atoms with Crippen molar-refractivity contribution in [1.82, 2.24) is 14.5 Å². The smallest absolute Gasteiger partial charge is 0.333 e. The number of carbonyl (C=O) groups is 1. The molecule has 2 aromatic rings. The Morgan fingerprint density at radius 1 is 1.26 bits per heavy atom. The van der Waals surface area contributed by atoms with E-state index >= 15 is 0 Å². The average molecular weight is 479 g/mol. The number of aliphatic imine (C=N–C) groups is 1. The van der Waals surface area contributed by atoms with Gasteiger partial charge in [-0.15, -0.1) is 0 Å². The fourth-order valence-electron chi connectivity index (χ4n) is 4.36. The monoisotopic (exact) mass is 478 g/mol. The van der Waals surface area contributed by atoms with Crippen molar-refractivity contribution < 1.29 is 14.6 Å². The van der Waals surface area contributed by atoms with Gasteiger partial charge in [-0.2, -0.15) is 0 Å². The molecule has 2 aliphatic heterocycles. The predicted octanol–water partition coefficient (Wildman–Crippen LogP) is 4.14. The minimum atomic E-state index is -0.734. The summed E-state index contributed by atoms with van der Waals surface area (Å²) in [4.78, 5) is 22.2. The molecule has 0 aliphatic carbocycles. The zero-order valence-corrected chi connectivity index (χ0v) is 20.8. The lowest BCUT2D eigenvalue weighted by Crippen LogP contribution is -2.39. The van der Waals surface area contributed by atoms with Gasteiger partial charge in [0.05, 0.1) is 12.9 Å². The molecule has 1 aromatic carbocycles. The van der Waals surface area contributed by atoms with Crippen molar-refractivity contribution in [3.63, 3.8) is 0 Å².